The number of carbonyl (C=O) groups is 1. The van der Waals surface area contributed by atoms with E-state index in [0.29, 0.717) is 5.56 Å². The molecule has 0 atom stereocenters. The third-order valence-electron chi connectivity index (χ3n) is 1.89. The van der Waals surface area contributed by atoms with E-state index < -0.39 is 0 Å². The lowest BCUT2D eigenvalue weighted by Gasteiger charge is -2.04. The zero-order chi connectivity index (χ0) is 9.30. The zero-order valence-corrected chi connectivity index (χ0v) is 8.60. The SMILES string of the molecule is Cc1cc(C(N)=O)cc(Br)c1C. The molecule has 1 rings (SSSR count). The Morgan fingerprint density at radius 1 is 1.42 bits per heavy atom. The second-order valence-corrected chi connectivity index (χ2v) is 3.62. The Labute approximate surface area is 79.9 Å². The van der Waals surface area contributed by atoms with Crippen LogP contribution in [0.1, 0.15) is 21.5 Å². The molecule has 2 nitrogen and oxygen atoms in total. The molecule has 0 radical (unpaired) electrons. The molecule has 0 aliphatic carbocycles. The van der Waals surface area contributed by atoms with E-state index >= 15 is 0 Å². The summed E-state index contributed by atoms with van der Waals surface area (Å²) in [5.41, 5.74) is 7.89. The van der Waals surface area contributed by atoms with Crippen LogP contribution < -0.4 is 5.73 Å². The van der Waals surface area contributed by atoms with Crippen molar-refractivity contribution < 1.29 is 4.79 Å². The van der Waals surface area contributed by atoms with Gasteiger partial charge in [-0.05, 0) is 37.1 Å². The normalized spacial score (nSPS) is 9.92. The van der Waals surface area contributed by atoms with Gasteiger partial charge in [-0.25, -0.2) is 0 Å². The third kappa shape index (κ3) is 1.67. The molecule has 0 aliphatic rings. The number of amides is 1. The summed E-state index contributed by atoms with van der Waals surface area (Å²) >= 11 is 3.36. The van der Waals surface area contributed by atoms with E-state index in [1.807, 2.05) is 13.8 Å². The largest absolute Gasteiger partial charge is 0.366 e. The van der Waals surface area contributed by atoms with Gasteiger partial charge in [-0.2, -0.15) is 0 Å². The minimum Gasteiger partial charge on any atom is -0.366 e. The monoisotopic (exact) mass is 227 g/mol. The first kappa shape index (κ1) is 9.26. The molecular formula is C9H10BrNO. The van der Waals surface area contributed by atoms with Crippen LogP contribution in [0.3, 0.4) is 0 Å². The number of nitrogens with two attached hydrogens (primary N) is 1. The minimum atomic E-state index is -0.390. The number of hydrogen-bond acceptors (Lipinski definition) is 1. The maximum absolute atomic E-state index is 10.8. The molecule has 0 spiro atoms. The molecule has 0 aliphatic heterocycles. The highest BCUT2D eigenvalue weighted by atomic mass is 79.9. The topological polar surface area (TPSA) is 43.1 Å². The quantitative estimate of drug-likeness (QED) is 0.786. The van der Waals surface area contributed by atoms with Crippen LogP contribution in [0.2, 0.25) is 0 Å². The first-order valence-corrected chi connectivity index (χ1v) is 4.38. The first-order valence-electron chi connectivity index (χ1n) is 3.59. The maximum Gasteiger partial charge on any atom is 0.248 e. The Kier molecular flexibility index (Phi) is 2.52. The van der Waals surface area contributed by atoms with Crippen molar-refractivity contribution in [1.82, 2.24) is 0 Å². The van der Waals surface area contributed by atoms with E-state index in [1.165, 1.54) is 0 Å². The van der Waals surface area contributed by atoms with E-state index in [1.54, 1.807) is 12.1 Å². The number of rotatable bonds is 1. The van der Waals surface area contributed by atoms with E-state index in [2.05, 4.69) is 15.9 Å². The van der Waals surface area contributed by atoms with Crippen LogP contribution in [0.5, 0.6) is 0 Å². The van der Waals surface area contributed by atoms with Crippen LogP contribution in [0.15, 0.2) is 16.6 Å². The maximum atomic E-state index is 10.8. The van der Waals surface area contributed by atoms with Crippen molar-refractivity contribution in [3.63, 3.8) is 0 Å². The summed E-state index contributed by atoms with van der Waals surface area (Å²) in [7, 11) is 0. The summed E-state index contributed by atoms with van der Waals surface area (Å²) in [5.74, 6) is -0.390. The summed E-state index contributed by atoms with van der Waals surface area (Å²) in [4.78, 5) is 10.8. The molecule has 0 unspecified atom stereocenters. The van der Waals surface area contributed by atoms with Crippen LogP contribution in [0.4, 0.5) is 0 Å². The fourth-order valence-electron chi connectivity index (χ4n) is 0.959. The standard InChI is InChI=1S/C9H10BrNO/c1-5-3-7(9(11)12)4-8(10)6(5)2/h3-4H,1-2H3,(H2,11,12). The van der Waals surface area contributed by atoms with E-state index in [4.69, 9.17) is 5.73 Å². The summed E-state index contributed by atoms with van der Waals surface area (Å²) in [6.45, 7) is 3.94. The fourth-order valence-corrected chi connectivity index (χ4v) is 1.52. The van der Waals surface area contributed by atoms with Crippen molar-refractivity contribution in [1.29, 1.82) is 0 Å². The van der Waals surface area contributed by atoms with E-state index in [-0.39, 0.29) is 5.91 Å². The van der Waals surface area contributed by atoms with Gasteiger partial charge in [0.2, 0.25) is 5.91 Å². The van der Waals surface area contributed by atoms with Crippen molar-refractivity contribution in [2.75, 3.05) is 0 Å². The summed E-state index contributed by atoms with van der Waals surface area (Å²) in [6, 6.07) is 3.53. The molecule has 1 amide bonds. The minimum absolute atomic E-state index is 0.390. The van der Waals surface area contributed by atoms with Crippen LogP contribution in [0, 0.1) is 13.8 Å². The van der Waals surface area contributed by atoms with Gasteiger partial charge in [-0.3, -0.25) is 4.79 Å². The summed E-state index contributed by atoms with van der Waals surface area (Å²) in [5, 5.41) is 0. The van der Waals surface area contributed by atoms with Gasteiger partial charge in [0.25, 0.3) is 0 Å². The molecule has 12 heavy (non-hydrogen) atoms. The number of hydrogen-bond donors (Lipinski definition) is 1. The van der Waals surface area contributed by atoms with Crippen molar-refractivity contribution in [2.24, 2.45) is 5.73 Å². The van der Waals surface area contributed by atoms with Crippen molar-refractivity contribution in [3.8, 4) is 0 Å². The molecule has 2 N–H and O–H groups in total. The predicted molar refractivity (Wildman–Crippen MR) is 52.1 cm³/mol. The highest BCUT2D eigenvalue weighted by Gasteiger charge is 2.05. The van der Waals surface area contributed by atoms with Crippen molar-refractivity contribution in [2.45, 2.75) is 13.8 Å². The highest BCUT2D eigenvalue weighted by molar-refractivity contribution is 9.10. The molecule has 0 aromatic heterocycles. The van der Waals surface area contributed by atoms with Crippen LogP contribution in [-0.4, -0.2) is 5.91 Å². The first-order chi connectivity index (χ1) is 5.52. The third-order valence-corrected chi connectivity index (χ3v) is 2.71. The van der Waals surface area contributed by atoms with E-state index in [9.17, 15) is 4.79 Å². The number of primary amides is 1. The molecule has 0 bridgehead atoms. The van der Waals surface area contributed by atoms with Gasteiger partial charge >= 0.3 is 0 Å². The Morgan fingerprint density at radius 2 is 2.00 bits per heavy atom. The Hall–Kier alpha value is -0.830. The van der Waals surface area contributed by atoms with E-state index in [0.717, 1.165) is 15.6 Å². The highest BCUT2D eigenvalue weighted by Crippen LogP contribution is 2.21. The fraction of sp³-hybridized carbons (Fsp3) is 0.222. The number of halogens is 1. The van der Waals surface area contributed by atoms with Gasteiger partial charge in [0.05, 0.1) is 0 Å². The molecule has 64 valence electrons. The van der Waals surface area contributed by atoms with Crippen molar-refractivity contribution in [3.05, 3.63) is 33.3 Å². The molecule has 1 aromatic rings. The average Bonchev–Trinajstić information content (AvgIpc) is 1.99. The van der Waals surface area contributed by atoms with Crippen LogP contribution in [0.25, 0.3) is 0 Å². The molecule has 1 aromatic carbocycles. The molecule has 0 saturated heterocycles. The van der Waals surface area contributed by atoms with Gasteiger partial charge in [0.15, 0.2) is 0 Å². The molecule has 3 heteroatoms. The van der Waals surface area contributed by atoms with Gasteiger partial charge in [0.1, 0.15) is 0 Å². The van der Waals surface area contributed by atoms with Crippen molar-refractivity contribution >= 4 is 21.8 Å². The second kappa shape index (κ2) is 3.27. The summed E-state index contributed by atoms with van der Waals surface area (Å²) < 4.78 is 0.927. The lowest BCUT2D eigenvalue weighted by molar-refractivity contribution is 0.1000. The number of aryl methyl sites for hydroxylation is 1. The lowest BCUT2D eigenvalue weighted by Crippen LogP contribution is -2.11. The van der Waals surface area contributed by atoms with Gasteiger partial charge in [0, 0.05) is 10.0 Å². The lowest BCUT2D eigenvalue weighted by atomic mass is 10.1. The molecule has 0 fully saturated rings. The number of benzene rings is 1. The molecule has 0 saturated carbocycles. The average molecular weight is 228 g/mol. The second-order valence-electron chi connectivity index (χ2n) is 2.76. The Morgan fingerprint density at radius 3 is 2.42 bits per heavy atom. The number of carbonyl (C=O) groups excluding carboxylic acids is 1. The summed E-state index contributed by atoms with van der Waals surface area (Å²) in [6.07, 6.45) is 0. The van der Waals surface area contributed by atoms with Gasteiger partial charge in [-0.1, -0.05) is 15.9 Å². The molecule has 0 heterocycles. The predicted octanol–water partition coefficient (Wildman–Crippen LogP) is 2.16. The van der Waals surface area contributed by atoms with Crippen LogP contribution in [-0.2, 0) is 0 Å². The smallest absolute Gasteiger partial charge is 0.248 e. The van der Waals surface area contributed by atoms with Gasteiger partial charge in [-0.15, -0.1) is 0 Å². The zero-order valence-electron chi connectivity index (χ0n) is 7.02. The van der Waals surface area contributed by atoms with Crippen LogP contribution >= 0.6 is 15.9 Å². The molecular weight excluding hydrogens is 218 g/mol. The van der Waals surface area contributed by atoms with Gasteiger partial charge < -0.3 is 5.73 Å². The Bertz CT molecular complexity index is 310. The Balaban J connectivity index is 3.31.